The molecule has 4 nitrogen and oxygen atoms in total. The highest BCUT2D eigenvalue weighted by Gasteiger charge is 2.32. The summed E-state index contributed by atoms with van der Waals surface area (Å²) in [4.78, 5) is 11.9. The number of rotatable bonds is 6. The Hall–Kier alpha value is -1.26. The van der Waals surface area contributed by atoms with Gasteiger partial charge in [0.15, 0.2) is 0 Å². The van der Waals surface area contributed by atoms with Crippen LogP contribution in [0.4, 0.5) is 0 Å². The van der Waals surface area contributed by atoms with E-state index in [1.807, 2.05) is 13.8 Å². The van der Waals surface area contributed by atoms with Crippen LogP contribution < -0.4 is 10.5 Å². The number of ether oxygens (including phenoxy) is 2. The Bertz CT molecular complexity index is 474. The topological polar surface area (TPSA) is 61.5 Å². The SMILES string of the molecule is CCOC(=O)C(C)(C)CC(N)c1cc(Cl)ccc1OC. The number of hydrogen-bond acceptors (Lipinski definition) is 4. The first kappa shape index (κ1) is 16.8. The van der Waals surface area contributed by atoms with Crippen molar-refractivity contribution in [2.24, 2.45) is 11.1 Å². The van der Waals surface area contributed by atoms with Crippen LogP contribution in [0.3, 0.4) is 0 Å². The van der Waals surface area contributed by atoms with E-state index < -0.39 is 5.41 Å². The highest BCUT2D eigenvalue weighted by Crippen LogP contribution is 2.35. The zero-order chi connectivity index (χ0) is 15.3. The van der Waals surface area contributed by atoms with Crippen LogP contribution in [0.15, 0.2) is 18.2 Å². The normalized spacial score (nSPS) is 12.9. The van der Waals surface area contributed by atoms with Gasteiger partial charge in [0.25, 0.3) is 0 Å². The predicted octanol–water partition coefficient (Wildman–Crippen LogP) is 3.33. The molecule has 0 saturated heterocycles. The Morgan fingerprint density at radius 2 is 2.10 bits per heavy atom. The summed E-state index contributed by atoms with van der Waals surface area (Å²) in [7, 11) is 1.58. The number of halogens is 1. The number of carbonyl (C=O) groups is 1. The first-order valence-corrected chi connectivity index (χ1v) is 6.96. The summed E-state index contributed by atoms with van der Waals surface area (Å²) in [6.07, 6.45) is 0.447. The van der Waals surface area contributed by atoms with Crippen LogP contribution in [0.2, 0.25) is 5.02 Å². The van der Waals surface area contributed by atoms with Crippen molar-refractivity contribution in [2.75, 3.05) is 13.7 Å². The standard InChI is InChI=1S/C15H22ClNO3/c1-5-20-14(18)15(2,3)9-12(17)11-8-10(16)6-7-13(11)19-4/h6-8,12H,5,9,17H2,1-4H3. The molecule has 0 saturated carbocycles. The van der Waals surface area contributed by atoms with Crippen molar-refractivity contribution in [1.82, 2.24) is 0 Å². The molecule has 0 aliphatic rings. The second-order valence-corrected chi connectivity index (χ2v) is 5.74. The molecule has 1 unspecified atom stereocenters. The largest absolute Gasteiger partial charge is 0.496 e. The first-order valence-electron chi connectivity index (χ1n) is 6.58. The summed E-state index contributed by atoms with van der Waals surface area (Å²) in [6.45, 7) is 5.79. The van der Waals surface area contributed by atoms with Gasteiger partial charge in [0.2, 0.25) is 0 Å². The van der Waals surface area contributed by atoms with Crippen LogP contribution in [0.1, 0.15) is 38.8 Å². The van der Waals surface area contributed by atoms with Gasteiger partial charge in [-0.1, -0.05) is 11.6 Å². The van der Waals surface area contributed by atoms with E-state index in [0.717, 1.165) is 5.56 Å². The van der Waals surface area contributed by atoms with E-state index in [4.69, 9.17) is 26.8 Å². The van der Waals surface area contributed by atoms with Crippen molar-refractivity contribution in [3.05, 3.63) is 28.8 Å². The minimum atomic E-state index is -0.664. The molecule has 0 radical (unpaired) electrons. The monoisotopic (exact) mass is 299 g/mol. The molecule has 1 aromatic rings. The fourth-order valence-corrected chi connectivity index (χ4v) is 2.25. The number of benzene rings is 1. The van der Waals surface area contributed by atoms with E-state index in [9.17, 15) is 4.79 Å². The van der Waals surface area contributed by atoms with E-state index >= 15 is 0 Å². The Balaban J connectivity index is 2.93. The van der Waals surface area contributed by atoms with E-state index in [-0.39, 0.29) is 12.0 Å². The van der Waals surface area contributed by atoms with E-state index in [1.54, 1.807) is 32.2 Å². The molecule has 20 heavy (non-hydrogen) atoms. The van der Waals surface area contributed by atoms with Crippen molar-refractivity contribution < 1.29 is 14.3 Å². The molecule has 5 heteroatoms. The Labute approximate surface area is 125 Å². The molecule has 0 spiro atoms. The van der Waals surface area contributed by atoms with Crippen molar-refractivity contribution in [3.63, 3.8) is 0 Å². The lowest BCUT2D eigenvalue weighted by atomic mass is 9.83. The molecular formula is C15H22ClNO3. The molecule has 0 heterocycles. The average Bonchev–Trinajstić information content (AvgIpc) is 2.38. The summed E-state index contributed by atoms with van der Waals surface area (Å²) in [5.41, 5.74) is 6.34. The average molecular weight is 300 g/mol. The third-order valence-corrected chi connectivity index (χ3v) is 3.38. The second kappa shape index (κ2) is 6.95. The highest BCUT2D eigenvalue weighted by atomic mass is 35.5. The molecule has 112 valence electrons. The van der Waals surface area contributed by atoms with Crippen LogP contribution in [-0.4, -0.2) is 19.7 Å². The molecule has 0 aromatic heterocycles. The molecule has 0 aliphatic heterocycles. The molecule has 0 aliphatic carbocycles. The van der Waals surface area contributed by atoms with Crippen LogP contribution >= 0.6 is 11.6 Å². The van der Waals surface area contributed by atoms with Crippen molar-refractivity contribution in [2.45, 2.75) is 33.2 Å². The number of esters is 1. The van der Waals surface area contributed by atoms with E-state index in [1.165, 1.54) is 0 Å². The van der Waals surface area contributed by atoms with Crippen LogP contribution in [0.5, 0.6) is 5.75 Å². The molecule has 0 amide bonds. The second-order valence-electron chi connectivity index (χ2n) is 5.30. The zero-order valence-corrected chi connectivity index (χ0v) is 13.2. The molecule has 0 bridgehead atoms. The number of hydrogen-bond donors (Lipinski definition) is 1. The van der Waals surface area contributed by atoms with Gasteiger partial charge in [0, 0.05) is 16.6 Å². The number of carbonyl (C=O) groups excluding carboxylic acids is 1. The van der Waals surface area contributed by atoms with Crippen LogP contribution in [-0.2, 0) is 9.53 Å². The van der Waals surface area contributed by atoms with Gasteiger partial charge < -0.3 is 15.2 Å². The predicted molar refractivity (Wildman–Crippen MR) is 80.0 cm³/mol. The van der Waals surface area contributed by atoms with E-state index in [0.29, 0.717) is 23.8 Å². The van der Waals surface area contributed by atoms with Gasteiger partial charge in [-0.2, -0.15) is 0 Å². The van der Waals surface area contributed by atoms with Crippen molar-refractivity contribution in [1.29, 1.82) is 0 Å². The Morgan fingerprint density at radius 1 is 1.45 bits per heavy atom. The van der Waals surface area contributed by atoms with Gasteiger partial charge in [0.05, 0.1) is 19.1 Å². The van der Waals surface area contributed by atoms with Gasteiger partial charge in [-0.05, 0) is 45.4 Å². The fraction of sp³-hybridized carbons (Fsp3) is 0.533. The molecule has 1 aromatic carbocycles. The zero-order valence-electron chi connectivity index (χ0n) is 12.4. The highest BCUT2D eigenvalue weighted by molar-refractivity contribution is 6.30. The third kappa shape index (κ3) is 4.12. The summed E-state index contributed by atoms with van der Waals surface area (Å²) >= 11 is 6.00. The number of nitrogens with two attached hydrogens (primary N) is 1. The maximum absolute atomic E-state index is 11.9. The lowest BCUT2D eigenvalue weighted by Crippen LogP contribution is -2.31. The van der Waals surface area contributed by atoms with Gasteiger partial charge in [-0.25, -0.2) is 0 Å². The quantitative estimate of drug-likeness (QED) is 0.819. The van der Waals surface area contributed by atoms with E-state index in [2.05, 4.69) is 0 Å². The van der Waals surface area contributed by atoms with Crippen molar-refractivity contribution in [3.8, 4) is 5.75 Å². The van der Waals surface area contributed by atoms with Crippen molar-refractivity contribution >= 4 is 17.6 Å². The fourth-order valence-electron chi connectivity index (χ4n) is 2.06. The third-order valence-electron chi connectivity index (χ3n) is 3.15. The Morgan fingerprint density at radius 3 is 2.65 bits per heavy atom. The lowest BCUT2D eigenvalue weighted by Gasteiger charge is -2.26. The molecule has 0 fully saturated rings. The molecule has 2 N–H and O–H groups in total. The summed E-state index contributed by atoms with van der Waals surface area (Å²) in [5.74, 6) is 0.415. The smallest absolute Gasteiger partial charge is 0.311 e. The van der Waals surface area contributed by atoms with Gasteiger partial charge in [-0.3, -0.25) is 4.79 Å². The van der Waals surface area contributed by atoms with Gasteiger partial charge in [0.1, 0.15) is 5.75 Å². The summed E-state index contributed by atoms with van der Waals surface area (Å²) < 4.78 is 10.4. The number of methoxy groups -OCH3 is 1. The van der Waals surface area contributed by atoms with Crippen LogP contribution in [0, 0.1) is 5.41 Å². The maximum atomic E-state index is 11.9. The molecular weight excluding hydrogens is 278 g/mol. The Kier molecular flexibility index (Phi) is 5.84. The maximum Gasteiger partial charge on any atom is 0.311 e. The minimum absolute atomic E-state index is 0.253. The first-order chi connectivity index (χ1) is 9.31. The summed E-state index contributed by atoms with van der Waals surface area (Å²) in [5, 5.41) is 0.588. The summed E-state index contributed by atoms with van der Waals surface area (Å²) in [6, 6.07) is 4.93. The van der Waals surface area contributed by atoms with Gasteiger partial charge >= 0.3 is 5.97 Å². The minimum Gasteiger partial charge on any atom is -0.496 e. The molecule has 1 rings (SSSR count). The molecule has 1 atom stereocenters. The lowest BCUT2D eigenvalue weighted by molar-refractivity contribution is -0.154. The van der Waals surface area contributed by atoms with Gasteiger partial charge in [-0.15, -0.1) is 0 Å². The van der Waals surface area contributed by atoms with Crippen LogP contribution in [0.25, 0.3) is 0 Å².